The van der Waals surface area contributed by atoms with E-state index in [9.17, 15) is 4.79 Å². The number of pyridine rings is 1. The molecule has 2 aromatic rings. The molecule has 18 heavy (non-hydrogen) atoms. The number of hydrogen-bond donors (Lipinski definition) is 2. The minimum atomic E-state index is -0.954. The van der Waals surface area contributed by atoms with E-state index in [2.05, 4.69) is 15.3 Å². The van der Waals surface area contributed by atoms with Crippen LogP contribution >= 0.6 is 11.3 Å². The number of carboxylic acid groups (broad SMARTS) is 1. The van der Waals surface area contributed by atoms with Gasteiger partial charge in [-0.25, -0.2) is 9.78 Å². The van der Waals surface area contributed by atoms with Gasteiger partial charge in [-0.2, -0.15) is 0 Å². The first-order chi connectivity index (χ1) is 8.66. The van der Waals surface area contributed by atoms with Gasteiger partial charge in [0.05, 0.1) is 22.0 Å². The van der Waals surface area contributed by atoms with Gasteiger partial charge in [0.25, 0.3) is 0 Å². The molecule has 0 fully saturated rings. The van der Waals surface area contributed by atoms with Crippen molar-refractivity contribution in [1.29, 1.82) is 0 Å². The molecule has 0 atom stereocenters. The molecule has 2 aromatic heterocycles. The van der Waals surface area contributed by atoms with Crippen LogP contribution in [0.5, 0.6) is 0 Å². The fourth-order valence-electron chi connectivity index (χ4n) is 1.57. The minimum Gasteiger partial charge on any atom is -0.478 e. The van der Waals surface area contributed by atoms with E-state index < -0.39 is 5.97 Å². The zero-order valence-corrected chi connectivity index (χ0v) is 10.7. The van der Waals surface area contributed by atoms with Crippen LogP contribution in [0, 0.1) is 6.92 Å². The number of nitrogens with one attached hydrogen (secondary N) is 1. The van der Waals surface area contributed by atoms with Crippen LogP contribution in [0.25, 0.3) is 0 Å². The first-order valence-electron chi connectivity index (χ1n) is 5.45. The van der Waals surface area contributed by atoms with Crippen LogP contribution in [0.4, 0.5) is 0 Å². The van der Waals surface area contributed by atoms with E-state index in [4.69, 9.17) is 5.11 Å². The van der Waals surface area contributed by atoms with Gasteiger partial charge in [0.1, 0.15) is 0 Å². The fourth-order valence-corrected chi connectivity index (χ4v) is 2.18. The van der Waals surface area contributed by atoms with Gasteiger partial charge in [-0.15, -0.1) is 11.3 Å². The van der Waals surface area contributed by atoms with Crippen molar-refractivity contribution in [3.63, 3.8) is 0 Å². The van der Waals surface area contributed by atoms with Crippen LogP contribution in [-0.4, -0.2) is 21.0 Å². The molecule has 0 spiro atoms. The molecular weight excluding hydrogens is 250 g/mol. The topological polar surface area (TPSA) is 75.1 Å². The van der Waals surface area contributed by atoms with Crippen LogP contribution in [0.3, 0.4) is 0 Å². The van der Waals surface area contributed by atoms with Gasteiger partial charge in [-0.05, 0) is 19.1 Å². The van der Waals surface area contributed by atoms with Gasteiger partial charge in [0.15, 0.2) is 0 Å². The molecule has 0 amide bonds. The lowest BCUT2D eigenvalue weighted by molar-refractivity contribution is 0.0695. The maximum absolute atomic E-state index is 11.0. The van der Waals surface area contributed by atoms with Crippen molar-refractivity contribution in [2.24, 2.45) is 0 Å². The van der Waals surface area contributed by atoms with E-state index >= 15 is 0 Å². The first-order valence-corrected chi connectivity index (χ1v) is 6.33. The Morgan fingerprint density at radius 3 is 3.00 bits per heavy atom. The monoisotopic (exact) mass is 263 g/mol. The highest BCUT2D eigenvalue weighted by Crippen LogP contribution is 2.08. The van der Waals surface area contributed by atoms with E-state index in [0.29, 0.717) is 18.8 Å². The molecule has 2 heterocycles. The highest BCUT2D eigenvalue weighted by atomic mass is 32.1. The second-order valence-corrected chi connectivity index (χ2v) is 4.83. The van der Waals surface area contributed by atoms with Crippen molar-refractivity contribution in [3.8, 4) is 0 Å². The predicted molar refractivity (Wildman–Crippen MR) is 68.6 cm³/mol. The summed E-state index contributed by atoms with van der Waals surface area (Å²) in [6.07, 6.45) is 1.59. The van der Waals surface area contributed by atoms with Gasteiger partial charge in [-0.1, -0.05) is 0 Å². The standard InChI is InChI=1S/C12H13N3O2S/c1-8-15-9(7-18-8)5-13-6-11-10(12(16)17)3-2-4-14-11/h2-4,7,13H,5-6H2,1H3,(H,16,17). The summed E-state index contributed by atoms with van der Waals surface area (Å²) in [6.45, 7) is 2.98. The summed E-state index contributed by atoms with van der Waals surface area (Å²) in [5, 5.41) is 15.2. The summed E-state index contributed by atoms with van der Waals surface area (Å²) in [7, 11) is 0. The second kappa shape index (κ2) is 5.70. The SMILES string of the molecule is Cc1nc(CNCc2ncccc2C(=O)O)cs1. The maximum Gasteiger partial charge on any atom is 0.337 e. The third-order valence-electron chi connectivity index (χ3n) is 2.39. The predicted octanol–water partition coefficient (Wildman–Crippen LogP) is 1.83. The smallest absolute Gasteiger partial charge is 0.337 e. The molecule has 0 aliphatic carbocycles. The van der Waals surface area contributed by atoms with Gasteiger partial charge in [-0.3, -0.25) is 4.98 Å². The number of aromatic carboxylic acids is 1. The number of carbonyl (C=O) groups is 1. The molecule has 0 radical (unpaired) electrons. The Labute approximate surface area is 109 Å². The van der Waals surface area contributed by atoms with Crippen molar-refractivity contribution in [2.75, 3.05) is 0 Å². The molecule has 94 valence electrons. The lowest BCUT2D eigenvalue weighted by Gasteiger charge is -2.05. The first kappa shape index (κ1) is 12.7. The normalized spacial score (nSPS) is 10.5. The number of carboxylic acids is 1. The molecule has 0 unspecified atom stereocenters. The van der Waals surface area contributed by atoms with Crippen LogP contribution in [0.1, 0.15) is 26.8 Å². The van der Waals surface area contributed by atoms with E-state index in [-0.39, 0.29) is 5.56 Å². The Hall–Kier alpha value is -1.79. The van der Waals surface area contributed by atoms with Gasteiger partial charge >= 0.3 is 5.97 Å². The zero-order chi connectivity index (χ0) is 13.0. The zero-order valence-electron chi connectivity index (χ0n) is 9.88. The fraction of sp³-hybridized carbons (Fsp3) is 0.250. The molecule has 0 aromatic carbocycles. The number of aromatic nitrogens is 2. The number of rotatable bonds is 5. The number of thiazole rings is 1. The van der Waals surface area contributed by atoms with Crippen LogP contribution in [0.15, 0.2) is 23.7 Å². The largest absolute Gasteiger partial charge is 0.478 e. The molecule has 6 heteroatoms. The highest BCUT2D eigenvalue weighted by molar-refractivity contribution is 7.09. The van der Waals surface area contributed by atoms with Gasteiger partial charge in [0, 0.05) is 24.7 Å². The van der Waals surface area contributed by atoms with Crippen molar-refractivity contribution in [1.82, 2.24) is 15.3 Å². The number of nitrogens with zero attached hydrogens (tertiary/aromatic N) is 2. The van der Waals surface area contributed by atoms with Crippen molar-refractivity contribution in [2.45, 2.75) is 20.0 Å². The molecule has 0 bridgehead atoms. The van der Waals surface area contributed by atoms with E-state index in [0.717, 1.165) is 10.7 Å². The lowest BCUT2D eigenvalue weighted by atomic mass is 10.2. The molecule has 0 saturated heterocycles. The van der Waals surface area contributed by atoms with Crippen molar-refractivity contribution in [3.05, 3.63) is 45.7 Å². The maximum atomic E-state index is 11.0. The van der Waals surface area contributed by atoms with E-state index in [1.807, 2.05) is 12.3 Å². The van der Waals surface area contributed by atoms with Crippen LogP contribution < -0.4 is 5.32 Å². The molecule has 2 N–H and O–H groups in total. The summed E-state index contributed by atoms with van der Waals surface area (Å²) < 4.78 is 0. The second-order valence-electron chi connectivity index (χ2n) is 3.76. The Balaban J connectivity index is 1.96. The van der Waals surface area contributed by atoms with Crippen LogP contribution in [0.2, 0.25) is 0 Å². The number of aryl methyl sites for hydroxylation is 1. The quantitative estimate of drug-likeness (QED) is 0.860. The third-order valence-corrected chi connectivity index (χ3v) is 3.21. The van der Waals surface area contributed by atoms with Gasteiger partial charge < -0.3 is 10.4 Å². The summed E-state index contributed by atoms with van der Waals surface area (Å²) in [5.41, 5.74) is 1.74. The Kier molecular flexibility index (Phi) is 4.01. The summed E-state index contributed by atoms with van der Waals surface area (Å²) in [4.78, 5) is 19.4. The lowest BCUT2D eigenvalue weighted by Crippen LogP contribution is -2.16. The van der Waals surface area contributed by atoms with Crippen molar-refractivity contribution >= 4 is 17.3 Å². The minimum absolute atomic E-state index is 0.236. The third kappa shape index (κ3) is 3.12. The van der Waals surface area contributed by atoms with E-state index in [1.54, 1.807) is 29.7 Å². The molecule has 0 aliphatic heterocycles. The highest BCUT2D eigenvalue weighted by Gasteiger charge is 2.09. The van der Waals surface area contributed by atoms with E-state index in [1.165, 1.54) is 0 Å². The molecule has 2 rings (SSSR count). The Morgan fingerprint density at radius 1 is 1.50 bits per heavy atom. The average Bonchev–Trinajstić information content (AvgIpc) is 2.75. The Morgan fingerprint density at radius 2 is 2.33 bits per heavy atom. The molecule has 0 saturated carbocycles. The number of hydrogen-bond acceptors (Lipinski definition) is 5. The summed E-state index contributed by atoms with van der Waals surface area (Å²) in [6, 6.07) is 3.18. The van der Waals surface area contributed by atoms with Crippen LogP contribution in [-0.2, 0) is 13.1 Å². The summed E-state index contributed by atoms with van der Waals surface area (Å²) in [5.74, 6) is -0.954. The van der Waals surface area contributed by atoms with Gasteiger partial charge in [0.2, 0.25) is 0 Å². The summed E-state index contributed by atoms with van der Waals surface area (Å²) >= 11 is 1.60. The average molecular weight is 263 g/mol. The molecule has 0 aliphatic rings. The Bertz CT molecular complexity index is 554. The van der Waals surface area contributed by atoms with Crippen molar-refractivity contribution < 1.29 is 9.90 Å². The molecular formula is C12H13N3O2S. The molecule has 5 nitrogen and oxygen atoms in total.